The van der Waals surface area contributed by atoms with E-state index in [1.165, 1.54) is 21.3 Å². The molecule has 0 aromatic heterocycles. The van der Waals surface area contributed by atoms with Gasteiger partial charge in [-0.3, -0.25) is 0 Å². The van der Waals surface area contributed by atoms with Crippen molar-refractivity contribution in [1.29, 1.82) is 0 Å². The molecular formula is C19H36O11. The fourth-order valence-corrected chi connectivity index (χ4v) is 4.12. The monoisotopic (exact) mass is 440 g/mol. The van der Waals surface area contributed by atoms with Crippen molar-refractivity contribution in [3.63, 3.8) is 0 Å². The van der Waals surface area contributed by atoms with Gasteiger partial charge in [0.2, 0.25) is 0 Å². The minimum Gasteiger partial charge on any atom is -0.382 e. The lowest BCUT2D eigenvalue weighted by molar-refractivity contribution is -0.363. The van der Waals surface area contributed by atoms with E-state index in [1.807, 2.05) is 0 Å². The summed E-state index contributed by atoms with van der Waals surface area (Å²) >= 11 is 0. The molecule has 0 saturated carbocycles. The van der Waals surface area contributed by atoms with Gasteiger partial charge in [-0.25, -0.2) is 0 Å². The number of aliphatic hydroxyl groups is 1. The first-order valence-electron chi connectivity index (χ1n) is 9.77. The number of aliphatic hydroxyl groups excluding tert-OH is 1. The quantitative estimate of drug-likeness (QED) is 0.435. The molecule has 10 unspecified atom stereocenters. The smallest absolute Gasteiger partial charge is 0.187 e. The topological polar surface area (TPSA) is 113 Å². The van der Waals surface area contributed by atoms with Gasteiger partial charge in [-0.2, -0.15) is 0 Å². The van der Waals surface area contributed by atoms with E-state index in [2.05, 4.69) is 0 Å². The van der Waals surface area contributed by atoms with Crippen LogP contribution >= 0.6 is 0 Å². The minimum absolute atomic E-state index is 0.165. The van der Waals surface area contributed by atoms with Gasteiger partial charge >= 0.3 is 0 Å². The van der Waals surface area contributed by atoms with Gasteiger partial charge in [0.15, 0.2) is 12.6 Å². The van der Waals surface area contributed by atoms with Crippen molar-refractivity contribution in [3.8, 4) is 0 Å². The van der Waals surface area contributed by atoms with Gasteiger partial charge in [0.25, 0.3) is 0 Å². The first-order chi connectivity index (χ1) is 14.5. The Kier molecular flexibility index (Phi) is 10.8. The molecule has 11 heteroatoms. The average Bonchev–Trinajstić information content (AvgIpc) is 2.74. The first kappa shape index (κ1) is 25.8. The Morgan fingerprint density at radius 1 is 0.567 bits per heavy atom. The van der Waals surface area contributed by atoms with Crippen LogP contribution < -0.4 is 0 Å². The van der Waals surface area contributed by atoms with Crippen LogP contribution in [0, 0.1) is 0 Å². The van der Waals surface area contributed by atoms with Crippen molar-refractivity contribution < 1.29 is 52.5 Å². The van der Waals surface area contributed by atoms with Crippen LogP contribution in [-0.4, -0.2) is 130 Å². The Labute approximate surface area is 177 Å². The minimum atomic E-state index is -1.20. The molecule has 0 bridgehead atoms. The van der Waals surface area contributed by atoms with E-state index >= 15 is 0 Å². The summed E-state index contributed by atoms with van der Waals surface area (Å²) in [5.41, 5.74) is 0. The van der Waals surface area contributed by atoms with Gasteiger partial charge in [-0.15, -0.1) is 0 Å². The number of hydrogen-bond acceptors (Lipinski definition) is 11. The van der Waals surface area contributed by atoms with Crippen LogP contribution in [-0.2, 0) is 47.4 Å². The lowest BCUT2D eigenvalue weighted by Gasteiger charge is -2.48. The molecule has 0 aromatic rings. The molecular weight excluding hydrogens is 404 g/mol. The second kappa shape index (κ2) is 12.6. The van der Waals surface area contributed by atoms with Gasteiger partial charge in [0.1, 0.15) is 48.8 Å². The summed E-state index contributed by atoms with van der Waals surface area (Å²) in [5.74, 6) is 0. The van der Waals surface area contributed by atoms with Gasteiger partial charge in [-0.1, -0.05) is 0 Å². The fourth-order valence-electron chi connectivity index (χ4n) is 4.12. The number of rotatable bonds is 11. The summed E-state index contributed by atoms with van der Waals surface area (Å²) in [4.78, 5) is 0. The van der Waals surface area contributed by atoms with Crippen molar-refractivity contribution in [2.45, 2.75) is 61.4 Å². The molecule has 1 N–H and O–H groups in total. The van der Waals surface area contributed by atoms with Gasteiger partial charge in [0, 0.05) is 49.8 Å². The lowest BCUT2D eigenvalue weighted by Crippen LogP contribution is -2.65. The zero-order valence-electron chi connectivity index (χ0n) is 18.7. The van der Waals surface area contributed by atoms with Gasteiger partial charge < -0.3 is 52.5 Å². The second-order valence-electron chi connectivity index (χ2n) is 7.12. The molecule has 0 aromatic carbocycles. The molecule has 178 valence electrons. The zero-order chi connectivity index (χ0) is 22.3. The molecule has 2 aliphatic heterocycles. The Hall–Kier alpha value is -0.440. The molecule has 2 heterocycles. The van der Waals surface area contributed by atoms with Crippen molar-refractivity contribution in [3.05, 3.63) is 0 Å². The Bertz CT molecular complexity index is 481. The summed E-state index contributed by atoms with van der Waals surface area (Å²) in [6.45, 7) is 0.433. The molecule has 2 fully saturated rings. The number of ether oxygens (including phenoxy) is 10. The van der Waals surface area contributed by atoms with E-state index in [0.29, 0.717) is 0 Å². The number of methoxy groups -OCH3 is 7. The maximum Gasteiger partial charge on any atom is 0.187 e. The van der Waals surface area contributed by atoms with E-state index in [4.69, 9.17) is 47.4 Å². The highest BCUT2D eigenvalue weighted by Crippen LogP contribution is 2.33. The Morgan fingerprint density at radius 2 is 1.03 bits per heavy atom. The molecule has 2 aliphatic rings. The Balaban J connectivity index is 2.31. The van der Waals surface area contributed by atoms with Crippen LogP contribution in [0.3, 0.4) is 0 Å². The first-order valence-corrected chi connectivity index (χ1v) is 9.77. The van der Waals surface area contributed by atoms with E-state index in [9.17, 15) is 5.11 Å². The van der Waals surface area contributed by atoms with Crippen LogP contribution in [0.4, 0.5) is 0 Å². The summed E-state index contributed by atoms with van der Waals surface area (Å²) < 4.78 is 56.6. The van der Waals surface area contributed by atoms with Crippen LogP contribution in [0.15, 0.2) is 0 Å². The summed E-state index contributed by atoms with van der Waals surface area (Å²) in [7, 11) is 10.8. The van der Waals surface area contributed by atoms with Crippen LogP contribution in [0.2, 0.25) is 0 Å². The summed E-state index contributed by atoms with van der Waals surface area (Å²) in [5, 5.41) is 10.3. The molecule has 0 spiro atoms. The summed E-state index contributed by atoms with van der Waals surface area (Å²) in [6.07, 6.45) is -6.77. The highest BCUT2D eigenvalue weighted by atomic mass is 16.7. The highest BCUT2D eigenvalue weighted by molar-refractivity contribution is 4.96. The highest BCUT2D eigenvalue weighted by Gasteiger charge is 2.52. The molecule has 0 radical (unpaired) electrons. The molecule has 30 heavy (non-hydrogen) atoms. The average molecular weight is 440 g/mol. The Morgan fingerprint density at radius 3 is 1.50 bits per heavy atom. The predicted octanol–water partition coefficient (Wildman–Crippen LogP) is -0.818. The maximum atomic E-state index is 10.3. The third-order valence-corrected chi connectivity index (χ3v) is 5.51. The second-order valence-corrected chi connectivity index (χ2v) is 7.12. The molecule has 2 saturated heterocycles. The predicted molar refractivity (Wildman–Crippen MR) is 102 cm³/mol. The van der Waals surface area contributed by atoms with Crippen molar-refractivity contribution in [1.82, 2.24) is 0 Å². The maximum absolute atomic E-state index is 10.3. The van der Waals surface area contributed by atoms with Gasteiger partial charge in [0.05, 0.1) is 13.2 Å². The van der Waals surface area contributed by atoms with E-state index in [0.717, 1.165) is 0 Å². The van der Waals surface area contributed by atoms with Crippen LogP contribution in [0.5, 0.6) is 0 Å². The molecule has 0 aliphatic carbocycles. The van der Waals surface area contributed by atoms with Crippen LogP contribution in [0.25, 0.3) is 0 Å². The normalized spacial score (nSPS) is 42.4. The van der Waals surface area contributed by atoms with Gasteiger partial charge in [-0.05, 0) is 0 Å². The largest absolute Gasteiger partial charge is 0.382 e. The SMILES string of the molecule is COCC1OC(O)C(OC)C(OC)C1OC1OC(COC)C(OC)C(OC)C1OC. The van der Waals surface area contributed by atoms with E-state index in [-0.39, 0.29) is 13.2 Å². The molecule has 0 amide bonds. The zero-order valence-corrected chi connectivity index (χ0v) is 18.7. The van der Waals surface area contributed by atoms with Crippen LogP contribution in [0.1, 0.15) is 0 Å². The standard InChI is InChI=1S/C19H36O11/c1-21-8-10-12(23-3)14(24-4)17(27-7)19(29-10)30-13-11(9-22-2)28-18(20)16(26-6)15(13)25-5/h10-20H,8-9H2,1-7H3. The molecule has 10 atom stereocenters. The van der Waals surface area contributed by atoms with Crippen molar-refractivity contribution in [2.24, 2.45) is 0 Å². The third-order valence-electron chi connectivity index (χ3n) is 5.51. The molecule has 2 rings (SSSR count). The lowest BCUT2D eigenvalue weighted by atomic mass is 9.96. The van der Waals surface area contributed by atoms with E-state index in [1.54, 1.807) is 28.4 Å². The third kappa shape index (κ3) is 5.48. The van der Waals surface area contributed by atoms with E-state index < -0.39 is 61.4 Å². The summed E-state index contributed by atoms with van der Waals surface area (Å²) in [6, 6.07) is 0. The molecule has 11 nitrogen and oxygen atoms in total. The van der Waals surface area contributed by atoms with Crippen molar-refractivity contribution in [2.75, 3.05) is 63.0 Å². The number of hydrogen-bond donors (Lipinski definition) is 1. The van der Waals surface area contributed by atoms with Crippen molar-refractivity contribution >= 4 is 0 Å². The fraction of sp³-hybridized carbons (Fsp3) is 1.00.